The van der Waals surface area contributed by atoms with Crippen LogP contribution < -0.4 is 27.0 Å². The van der Waals surface area contributed by atoms with Crippen molar-refractivity contribution in [3.63, 3.8) is 0 Å². The maximum Gasteiger partial charge on any atom is 0.256 e. The summed E-state index contributed by atoms with van der Waals surface area (Å²) in [4.78, 5) is 71.5. The molecular formula is C43H60Cl2N10O6. The van der Waals surface area contributed by atoms with Crippen LogP contribution in [0.15, 0.2) is 74.7 Å². The average Bonchev–Trinajstić information content (AvgIpc) is 4.10. The van der Waals surface area contributed by atoms with E-state index >= 15 is 0 Å². The van der Waals surface area contributed by atoms with Crippen molar-refractivity contribution in [1.82, 2.24) is 20.4 Å². The number of imide groups is 1. The van der Waals surface area contributed by atoms with E-state index in [-0.39, 0.29) is 42.2 Å². The Hall–Kier alpha value is -5.58. The molecule has 0 bridgehead atoms. The lowest BCUT2D eigenvalue weighted by Crippen LogP contribution is -2.37. The highest BCUT2D eigenvalue weighted by Crippen LogP contribution is 2.29. The minimum absolute atomic E-state index is 0.0900. The number of ether oxygens (including phenoxy) is 1. The minimum atomic E-state index is -0.137. The van der Waals surface area contributed by atoms with Gasteiger partial charge in [0.15, 0.2) is 12.6 Å². The van der Waals surface area contributed by atoms with Gasteiger partial charge >= 0.3 is 0 Å². The molecule has 4 rings (SSSR count). The number of hydrogen-bond acceptors (Lipinski definition) is 14. The standard InChI is InChI=1S/C34H50N8O4.C7H7Cl2N.C2H3NO2/c1-5-8-25(2)41(4)34(45)32-26(22-43)9-6-10-31(32)38-15-7-16-42-17-13-28(14-18-42)39-21-29(19-35)40-24-37-20-27(23-44)33(36-3)46-30-11-12-30;1-10-7-5(8)3-2-4-6(7)9;4-1-3-2-5/h6,9-10,19-23,25,28,30,38,40H,3,5,7-8,11-18,24,35H2,1-2,4H3;2-4,10H,1H3;1-2H,(H,3,4,5)/b29-19+,33-27-,37-20-,39-21?;;. The fourth-order valence-corrected chi connectivity index (χ4v) is 6.50. The Kier molecular flexibility index (Phi) is 25.0. The van der Waals surface area contributed by atoms with Crippen molar-refractivity contribution in [2.75, 3.05) is 57.6 Å². The summed E-state index contributed by atoms with van der Waals surface area (Å²) in [6.07, 6.45) is 13.3. The van der Waals surface area contributed by atoms with Gasteiger partial charge in [-0.25, -0.2) is 4.99 Å². The third-order valence-corrected chi connectivity index (χ3v) is 10.2. The summed E-state index contributed by atoms with van der Waals surface area (Å²) in [5, 5.41) is 12.4. The molecule has 1 aliphatic carbocycles. The molecule has 1 unspecified atom stereocenters. The number of nitrogens with one attached hydrogen (secondary N) is 4. The molecule has 6 N–H and O–H groups in total. The molecule has 1 aliphatic heterocycles. The van der Waals surface area contributed by atoms with Crippen molar-refractivity contribution in [1.29, 1.82) is 0 Å². The molecule has 1 saturated heterocycles. The Morgan fingerprint density at radius 2 is 1.72 bits per heavy atom. The van der Waals surface area contributed by atoms with Crippen LogP contribution in [0.1, 0.15) is 79.5 Å². The monoisotopic (exact) mass is 882 g/mol. The van der Waals surface area contributed by atoms with E-state index in [2.05, 4.69) is 44.5 Å². The number of carbonyl (C=O) groups excluding carboxylic acids is 5. The van der Waals surface area contributed by atoms with Crippen LogP contribution in [0.25, 0.3) is 0 Å². The Labute approximate surface area is 369 Å². The molecule has 1 atom stereocenters. The summed E-state index contributed by atoms with van der Waals surface area (Å²) in [7, 11) is 3.58. The predicted molar refractivity (Wildman–Crippen MR) is 246 cm³/mol. The number of allylic oxidation sites excluding steroid dienone is 2. The molecule has 2 fully saturated rings. The number of amides is 3. The number of nitrogens with two attached hydrogens (primary N) is 1. The van der Waals surface area contributed by atoms with Crippen molar-refractivity contribution in [2.24, 2.45) is 20.7 Å². The topological polar surface area (TPSA) is 212 Å². The van der Waals surface area contributed by atoms with Crippen molar-refractivity contribution < 1.29 is 28.7 Å². The molecule has 16 nitrogen and oxygen atoms in total. The molecule has 2 aliphatic rings. The Bertz CT molecular complexity index is 1820. The van der Waals surface area contributed by atoms with Crippen LogP contribution in [0, 0.1) is 0 Å². The number of carbonyl (C=O) groups is 5. The number of para-hydroxylation sites is 1. The zero-order valence-electron chi connectivity index (χ0n) is 35.4. The number of benzene rings is 2. The fraction of sp³-hybridized carbons (Fsp3) is 0.442. The first kappa shape index (κ1) is 51.6. The van der Waals surface area contributed by atoms with Crippen LogP contribution in [0.2, 0.25) is 10.0 Å². The van der Waals surface area contributed by atoms with Gasteiger partial charge in [0, 0.05) is 69.7 Å². The first-order valence-electron chi connectivity index (χ1n) is 20.1. The zero-order valence-corrected chi connectivity index (χ0v) is 37.0. The van der Waals surface area contributed by atoms with Crippen LogP contribution >= 0.6 is 23.2 Å². The lowest BCUT2D eigenvalue weighted by Gasteiger charge is -2.30. The van der Waals surface area contributed by atoms with Gasteiger partial charge in [0.2, 0.25) is 18.7 Å². The number of rotatable bonds is 23. The second kappa shape index (κ2) is 29.6. The Morgan fingerprint density at radius 1 is 1.05 bits per heavy atom. The molecule has 3 amide bonds. The van der Waals surface area contributed by atoms with E-state index in [1.165, 1.54) is 12.4 Å². The van der Waals surface area contributed by atoms with Gasteiger partial charge < -0.3 is 41.5 Å². The number of aldehydes is 2. The molecule has 18 heteroatoms. The third-order valence-electron chi connectivity index (χ3n) is 9.53. The average molecular weight is 884 g/mol. The van der Waals surface area contributed by atoms with Gasteiger partial charge in [0.25, 0.3) is 5.91 Å². The summed E-state index contributed by atoms with van der Waals surface area (Å²) >= 11 is 11.6. The van der Waals surface area contributed by atoms with Crippen LogP contribution in [-0.4, -0.2) is 125 Å². The maximum absolute atomic E-state index is 13.3. The summed E-state index contributed by atoms with van der Waals surface area (Å²) in [6.45, 7) is 11.3. The number of hydrogen-bond donors (Lipinski definition) is 5. The second-order valence-corrected chi connectivity index (χ2v) is 14.8. The van der Waals surface area contributed by atoms with Crippen molar-refractivity contribution in [3.05, 3.63) is 80.9 Å². The number of likely N-dealkylation sites (tertiary alicyclic amines) is 1. The Morgan fingerprint density at radius 3 is 2.25 bits per heavy atom. The van der Waals surface area contributed by atoms with Gasteiger partial charge in [-0.1, -0.05) is 54.7 Å². The fourth-order valence-electron chi connectivity index (χ4n) is 5.92. The van der Waals surface area contributed by atoms with Crippen LogP contribution in [-0.2, 0) is 19.1 Å². The highest BCUT2D eigenvalue weighted by molar-refractivity contribution is 6.39. The lowest BCUT2D eigenvalue weighted by atomic mass is 10.0. The van der Waals surface area contributed by atoms with E-state index in [9.17, 15) is 14.4 Å². The van der Waals surface area contributed by atoms with E-state index < -0.39 is 0 Å². The quantitative estimate of drug-likeness (QED) is 0.0299. The second-order valence-electron chi connectivity index (χ2n) is 13.9. The van der Waals surface area contributed by atoms with E-state index in [4.69, 9.17) is 48.3 Å². The normalized spacial score (nSPS) is 15.1. The number of nitrogens with zero attached hydrogens (tertiary/aromatic N) is 5. The van der Waals surface area contributed by atoms with Crippen LogP contribution in [0.5, 0.6) is 0 Å². The predicted octanol–water partition coefficient (Wildman–Crippen LogP) is 5.73. The minimum Gasteiger partial charge on any atom is -0.474 e. The summed E-state index contributed by atoms with van der Waals surface area (Å²) in [6, 6.07) is 11.1. The molecule has 332 valence electrons. The lowest BCUT2D eigenvalue weighted by molar-refractivity contribution is -0.117. The van der Waals surface area contributed by atoms with Gasteiger partial charge in [-0.05, 0) is 76.9 Å². The van der Waals surface area contributed by atoms with E-state index in [1.807, 2.05) is 19.1 Å². The van der Waals surface area contributed by atoms with Crippen LogP contribution in [0.4, 0.5) is 11.4 Å². The van der Waals surface area contributed by atoms with Gasteiger partial charge in [-0.2, -0.15) is 0 Å². The number of anilines is 2. The van der Waals surface area contributed by atoms with Crippen molar-refractivity contribution in [2.45, 2.75) is 77.0 Å². The van der Waals surface area contributed by atoms with Gasteiger partial charge in [-0.3, -0.25) is 34.0 Å². The molecular weight excluding hydrogens is 823 g/mol. The number of aliphatic imine (C=N–C) groups is 3. The summed E-state index contributed by atoms with van der Waals surface area (Å²) in [5.41, 5.74) is 8.98. The first-order chi connectivity index (χ1) is 29.5. The van der Waals surface area contributed by atoms with E-state index in [1.54, 1.807) is 54.8 Å². The summed E-state index contributed by atoms with van der Waals surface area (Å²) < 4.78 is 5.59. The Balaban J connectivity index is 0.000000717. The maximum atomic E-state index is 13.3. The largest absolute Gasteiger partial charge is 0.474 e. The molecule has 0 radical (unpaired) electrons. The molecule has 2 aromatic rings. The van der Waals surface area contributed by atoms with Crippen molar-refractivity contribution >= 4 is 85.0 Å². The summed E-state index contributed by atoms with van der Waals surface area (Å²) in [5.74, 6) is 0.0633. The number of halogens is 2. The van der Waals surface area contributed by atoms with Crippen molar-refractivity contribution in [3.8, 4) is 0 Å². The SMILES string of the molecule is C=N/C(OC1CC1)=C(C=O)\C=N/CN/C(C=NC1CCN(CCCNc2cccc(C=O)c2C(=O)N(C)C(C)CCC)CC1)=C/N.CNc1c(Cl)cccc1Cl.O=CNC=O. The molecule has 0 aromatic heterocycles. The zero-order chi connectivity index (χ0) is 45.0. The van der Waals surface area contributed by atoms with E-state index in [0.717, 1.165) is 76.6 Å². The molecule has 61 heavy (non-hydrogen) atoms. The van der Waals surface area contributed by atoms with Gasteiger partial charge in [-0.15, -0.1) is 0 Å². The molecule has 0 spiro atoms. The highest BCUT2D eigenvalue weighted by Gasteiger charge is 2.25. The van der Waals surface area contributed by atoms with E-state index in [0.29, 0.717) is 58.2 Å². The molecule has 1 saturated carbocycles. The van der Waals surface area contributed by atoms with Gasteiger partial charge in [0.05, 0.1) is 38.6 Å². The first-order valence-corrected chi connectivity index (χ1v) is 20.9. The number of piperidine rings is 1. The highest BCUT2D eigenvalue weighted by atomic mass is 35.5. The van der Waals surface area contributed by atoms with Gasteiger partial charge in [0.1, 0.15) is 12.8 Å². The third kappa shape index (κ3) is 18.7. The van der Waals surface area contributed by atoms with Crippen LogP contribution in [0.3, 0.4) is 0 Å². The smallest absolute Gasteiger partial charge is 0.256 e. The molecule has 2 aromatic carbocycles. The molecule has 1 heterocycles.